The first-order valence-electron chi connectivity index (χ1n) is 10.7. The van der Waals surface area contributed by atoms with Gasteiger partial charge in [0.1, 0.15) is 12.1 Å². The normalized spacial score (nSPS) is 14.7. The van der Waals surface area contributed by atoms with Crippen molar-refractivity contribution in [2.75, 3.05) is 18.8 Å². The molecule has 2 amide bonds. The number of carbonyl (C=O) groups excluding carboxylic acids is 2. The highest BCUT2D eigenvalue weighted by molar-refractivity contribution is 8.00. The summed E-state index contributed by atoms with van der Waals surface area (Å²) in [5.41, 5.74) is 0.471. The minimum atomic E-state index is -0.297. The molecule has 0 unspecified atom stereocenters. The maximum absolute atomic E-state index is 12.8. The maximum Gasteiger partial charge on any atom is 0.255 e. The maximum atomic E-state index is 12.8. The third-order valence-electron chi connectivity index (χ3n) is 5.53. The molecular formula is C23H27N5O3S. The summed E-state index contributed by atoms with van der Waals surface area (Å²) in [5.74, 6) is 2.00. The van der Waals surface area contributed by atoms with Crippen molar-refractivity contribution in [2.45, 2.75) is 37.8 Å². The van der Waals surface area contributed by atoms with Crippen LogP contribution in [0.1, 0.15) is 41.9 Å². The van der Waals surface area contributed by atoms with Crippen molar-refractivity contribution >= 4 is 23.6 Å². The molecule has 8 nitrogen and oxygen atoms in total. The Kier molecular flexibility index (Phi) is 6.94. The Bertz CT molecular complexity index is 1050. The van der Waals surface area contributed by atoms with Gasteiger partial charge in [0.25, 0.3) is 5.91 Å². The first-order valence-corrected chi connectivity index (χ1v) is 11.7. The van der Waals surface area contributed by atoms with Gasteiger partial charge < -0.3 is 19.2 Å². The Morgan fingerprint density at radius 3 is 2.66 bits per heavy atom. The van der Waals surface area contributed by atoms with E-state index in [1.54, 1.807) is 17.8 Å². The first kappa shape index (κ1) is 22.1. The molecule has 32 heavy (non-hydrogen) atoms. The van der Waals surface area contributed by atoms with Crippen LogP contribution in [0.2, 0.25) is 0 Å². The van der Waals surface area contributed by atoms with Crippen molar-refractivity contribution in [3.63, 3.8) is 0 Å². The number of rotatable bonds is 7. The lowest BCUT2D eigenvalue weighted by Crippen LogP contribution is -2.36. The molecule has 3 aromatic rings. The smallest absolute Gasteiger partial charge is 0.255 e. The summed E-state index contributed by atoms with van der Waals surface area (Å²) >= 11 is 1.55. The Morgan fingerprint density at radius 2 is 1.94 bits per heavy atom. The van der Waals surface area contributed by atoms with E-state index in [1.165, 1.54) is 12.5 Å². The Labute approximate surface area is 191 Å². The lowest BCUT2D eigenvalue weighted by Gasteiger charge is -2.23. The van der Waals surface area contributed by atoms with Gasteiger partial charge in [0.05, 0.1) is 23.6 Å². The van der Waals surface area contributed by atoms with Gasteiger partial charge in [-0.05, 0) is 24.1 Å². The molecule has 1 N–H and O–H groups in total. The van der Waals surface area contributed by atoms with E-state index >= 15 is 0 Å². The predicted molar refractivity (Wildman–Crippen MR) is 121 cm³/mol. The largest absolute Gasteiger partial charge is 0.472 e. The van der Waals surface area contributed by atoms with Gasteiger partial charge >= 0.3 is 0 Å². The van der Waals surface area contributed by atoms with Crippen molar-refractivity contribution in [3.05, 3.63) is 66.1 Å². The molecule has 4 rings (SSSR count). The zero-order chi connectivity index (χ0) is 22.5. The molecule has 0 saturated heterocycles. The molecule has 168 valence electrons. The van der Waals surface area contributed by atoms with Gasteiger partial charge in [0.2, 0.25) is 5.91 Å². The van der Waals surface area contributed by atoms with Crippen LogP contribution in [0.4, 0.5) is 0 Å². The van der Waals surface area contributed by atoms with Crippen molar-refractivity contribution in [2.24, 2.45) is 5.92 Å². The first-order chi connectivity index (χ1) is 15.5. The van der Waals surface area contributed by atoms with Crippen LogP contribution in [0.25, 0.3) is 0 Å². The Hall–Kier alpha value is -3.07. The molecule has 1 aliphatic heterocycles. The fourth-order valence-corrected chi connectivity index (χ4v) is 4.55. The Balaban J connectivity index is 1.42. The molecule has 0 saturated carbocycles. The van der Waals surface area contributed by atoms with Crippen LogP contribution >= 0.6 is 11.8 Å². The monoisotopic (exact) mass is 453 g/mol. The number of carbonyl (C=O) groups is 2. The summed E-state index contributed by atoms with van der Waals surface area (Å²) in [6.45, 7) is 5.88. The van der Waals surface area contributed by atoms with E-state index in [-0.39, 0.29) is 23.8 Å². The molecule has 0 fully saturated rings. The number of nitrogens with one attached hydrogen (secondary N) is 1. The molecule has 1 atom stereocenters. The fraction of sp³-hybridized carbons (Fsp3) is 0.391. The zero-order valence-corrected chi connectivity index (χ0v) is 19.0. The second-order valence-corrected chi connectivity index (χ2v) is 9.11. The summed E-state index contributed by atoms with van der Waals surface area (Å²) in [6.07, 6.45) is 3.54. The molecule has 9 heteroatoms. The number of benzene rings is 1. The molecule has 1 aliphatic rings. The Morgan fingerprint density at radius 1 is 1.12 bits per heavy atom. The number of thioether (sulfide) groups is 1. The SMILES string of the molecule is CC(C)[C@@H](NC(=O)c1ccoc1)c1nnc2n1CCN(C(=O)CSc1ccccc1)CC2. The number of nitrogens with zero attached hydrogens (tertiary/aromatic N) is 4. The van der Waals surface area contributed by atoms with Gasteiger partial charge in [-0.1, -0.05) is 32.0 Å². The van der Waals surface area contributed by atoms with Gasteiger partial charge in [0, 0.05) is 31.0 Å². The van der Waals surface area contributed by atoms with E-state index in [4.69, 9.17) is 4.42 Å². The zero-order valence-electron chi connectivity index (χ0n) is 18.2. The molecule has 1 aromatic carbocycles. The highest BCUT2D eigenvalue weighted by Crippen LogP contribution is 2.24. The van der Waals surface area contributed by atoms with E-state index in [2.05, 4.69) is 20.1 Å². The summed E-state index contributed by atoms with van der Waals surface area (Å²) in [5, 5.41) is 11.8. The van der Waals surface area contributed by atoms with Crippen molar-refractivity contribution in [1.29, 1.82) is 0 Å². The topological polar surface area (TPSA) is 93.3 Å². The molecular weight excluding hydrogens is 426 g/mol. The summed E-state index contributed by atoms with van der Waals surface area (Å²) in [4.78, 5) is 28.4. The van der Waals surface area contributed by atoms with Crippen LogP contribution in [-0.4, -0.2) is 50.3 Å². The lowest BCUT2D eigenvalue weighted by atomic mass is 10.0. The number of fused-ring (bicyclic) bond motifs is 1. The molecule has 0 radical (unpaired) electrons. The molecule has 0 aliphatic carbocycles. The van der Waals surface area contributed by atoms with Crippen molar-refractivity contribution in [3.8, 4) is 0 Å². The van der Waals surface area contributed by atoms with E-state index in [9.17, 15) is 9.59 Å². The number of furan rings is 1. The summed E-state index contributed by atoms with van der Waals surface area (Å²) < 4.78 is 7.08. The van der Waals surface area contributed by atoms with Gasteiger partial charge in [0.15, 0.2) is 5.82 Å². The van der Waals surface area contributed by atoms with Crippen LogP contribution in [-0.2, 0) is 17.8 Å². The highest BCUT2D eigenvalue weighted by Gasteiger charge is 2.28. The van der Waals surface area contributed by atoms with Crippen molar-refractivity contribution in [1.82, 2.24) is 25.0 Å². The molecule has 0 spiro atoms. The van der Waals surface area contributed by atoms with Gasteiger partial charge in [-0.15, -0.1) is 22.0 Å². The minimum absolute atomic E-state index is 0.113. The van der Waals surface area contributed by atoms with E-state index in [0.29, 0.717) is 37.4 Å². The van der Waals surface area contributed by atoms with E-state index in [0.717, 1.165) is 16.5 Å². The predicted octanol–water partition coefficient (Wildman–Crippen LogP) is 3.18. The highest BCUT2D eigenvalue weighted by atomic mass is 32.2. The number of hydrogen-bond donors (Lipinski definition) is 1. The lowest BCUT2D eigenvalue weighted by molar-refractivity contribution is -0.128. The summed E-state index contributed by atoms with van der Waals surface area (Å²) in [6, 6.07) is 11.3. The second-order valence-electron chi connectivity index (χ2n) is 8.07. The number of amides is 2. The van der Waals surface area contributed by atoms with E-state index < -0.39 is 0 Å². The average Bonchev–Trinajstić information content (AvgIpc) is 3.42. The van der Waals surface area contributed by atoms with Crippen LogP contribution < -0.4 is 5.32 Å². The third kappa shape index (κ3) is 5.04. The minimum Gasteiger partial charge on any atom is -0.472 e. The van der Waals surface area contributed by atoms with Crippen LogP contribution in [0, 0.1) is 5.92 Å². The van der Waals surface area contributed by atoms with Crippen molar-refractivity contribution < 1.29 is 14.0 Å². The second kappa shape index (κ2) is 10.0. The van der Waals surface area contributed by atoms with E-state index in [1.807, 2.05) is 49.1 Å². The third-order valence-corrected chi connectivity index (χ3v) is 6.52. The number of hydrogen-bond acceptors (Lipinski definition) is 6. The molecule has 2 aromatic heterocycles. The van der Waals surface area contributed by atoms with Crippen LogP contribution in [0.3, 0.4) is 0 Å². The van der Waals surface area contributed by atoms with Crippen LogP contribution in [0.5, 0.6) is 0 Å². The summed E-state index contributed by atoms with van der Waals surface area (Å²) in [7, 11) is 0. The van der Waals surface area contributed by atoms with Gasteiger partial charge in [-0.25, -0.2) is 0 Å². The van der Waals surface area contributed by atoms with Crippen LogP contribution in [0.15, 0.2) is 58.2 Å². The average molecular weight is 454 g/mol. The fourth-order valence-electron chi connectivity index (χ4n) is 3.73. The van der Waals surface area contributed by atoms with Gasteiger partial charge in [-0.3, -0.25) is 9.59 Å². The number of aromatic nitrogens is 3. The molecule has 3 heterocycles. The quantitative estimate of drug-likeness (QED) is 0.553. The molecule has 0 bridgehead atoms. The standard InChI is InChI=1S/C23H27N5O3S/c1-16(2)21(24-23(30)17-9-13-31-14-17)22-26-25-19-8-10-27(11-12-28(19)22)20(29)15-32-18-6-4-3-5-7-18/h3-7,9,13-14,16,21H,8,10-12,15H2,1-2H3,(H,24,30)/t21-/m1/s1. The van der Waals surface area contributed by atoms with Gasteiger partial charge in [-0.2, -0.15) is 0 Å².